The fraction of sp³-hybridized carbons (Fsp3) is 0.545. The second-order valence-corrected chi connectivity index (χ2v) is 4.36. The fourth-order valence-electron chi connectivity index (χ4n) is 1.99. The van der Waals surface area contributed by atoms with Gasteiger partial charge in [-0.1, -0.05) is 0 Å². The molecule has 0 bridgehead atoms. The van der Waals surface area contributed by atoms with Gasteiger partial charge < -0.3 is 11.1 Å². The van der Waals surface area contributed by atoms with Crippen LogP contribution >= 0.6 is 0 Å². The summed E-state index contributed by atoms with van der Waals surface area (Å²) in [6.07, 6.45) is -2.64. The normalized spacial score (nSPS) is 22.1. The van der Waals surface area contributed by atoms with Crippen LogP contribution in [0, 0.1) is 0 Å². The average Bonchev–Trinajstić information content (AvgIpc) is 2.28. The lowest BCUT2D eigenvalue weighted by Gasteiger charge is -2.34. The molecule has 2 rings (SSSR count). The van der Waals surface area contributed by atoms with Crippen LogP contribution in [0.3, 0.4) is 0 Å². The number of nitrogens with one attached hydrogen (secondary N) is 1. The summed E-state index contributed by atoms with van der Waals surface area (Å²) < 4.78 is 37.8. The fourth-order valence-corrected chi connectivity index (χ4v) is 1.99. The summed E-state index contributed by atoms with van der Waals surface area (Å²) in [5.41, 5.74) is 6.87. The van der Waals surface area contributed by atoms with Crippen LogP contribution in [0.2, 0.25) is 0 Å². The van der Waals surface area contributed by atoms with Crippen molar-refractivity contribution in [2.45, 2.75) is 18.8 Å². The third-order valence-corrected chi connectivity index (χ3v) is 2.88. The minimum Gasteiger partial charge on any atom is -0.399 e. The maximum absolute atomic E-state index is 12.6. The zero-order valence-electron chi connectivity index (χ0n) is 9.74. The number of nitrogens with two attached hydrogens (primary N) is 1. The van der Waals surface area contributed by atoms with Gasteiger partial charge in [0, 0.05) is 38.1 Å². The maximum Gasteiger partial charge on any atom is 0.405 e. The Balaban J connectivity index is 1.98. The maximum atomic E-state index is 12.6. The predicted octanol–water partition coefficient (Wildman–Crippen LogP) is 1.000. The molecule has 0 spiro atoms. The molecule has 0 saturated carbocycles. The predicted molar refractivity (Wildman–Crippen MR) is 61.8 cm³/mol. The van der Waals surface area contributed by atoms with Gasteiger partial charge in [-0.3, -0.25) is 9.88 Å². The van der Waals surface area contributed by atoms with Crippen molar-refractivity contribution in [2.75, 3.05) is 25.4 Å². The Morgan fingerprint density at radius 1 is 1.50 bits per heavy atom. The van der Waals surface area contributed by atoms with E-state index in [1.807, 2.05) is 0 Å². The monoisotopic (exact) mass is 260 g/mol. The largest absolute Gasteiger partial charge is 0.405 e. The molecule has 7 heteroatoms. The number of rotatable bonds is 2. The Morgan fingerprint density at radius 3 is 2.94 bits per heavy atom. The van der Waals surface area contributed by atoms with Crippen LogP contribution in [0.4, 0.5) is 18.9 Å². The minimum atomic E-state index is -4.21. The molecule has 1 aliphatic rings. The number of hydrogen-bond donors (Lipinski definition) is 2. The van der Waals surface area contributed by atoms with E-state index in [2.05, 4.69) is 10.3 Å². The van der Waals surface area contributed by atoms with Gasteiger partial charge in [0.1, 0.15) is 6.04 Å². The van der Waals surface area contributed by atoms with Gasteiger partial charge in [0.25, 0.3) is 0 Å². The minimum absolute atomic E-state index is 0.0556. The molecular weight excluding hydrogens is 245 g/mol. The molecule has 1 unspecified atom stereocenters. The van der Waals surface area contributed by atoms with E-state index in [9.17, 15) is 13.2 Å². The van der Waals surface area contributed by atoms with Crippen molar-refractivity contribution in [3.05, 3.63) is 24.0 Å². The lowest BCUT2D eigenvalue weighted by atomic mass is 10.2. The Kier molecular flexibility index (Phi) is 3.72. The average molecular weight is 260 g/mol. The molecule has 1 aromatic rings. The summed E-state index contributed by atoms with van der Waals surface area (Å²) in [5, 5.41) is 2.47. The number of halogens is 3. The van der Waals surface area contributed by atoms with Crippen molar-refractivity contribution in [2.24, 2.45) is 0 Å². The Bertz CT molecular complexity index is 408. The lowest BCUT2D eigenvalue weighted by Crippen LogP contribution is -2.56. The van der Waals surface area contributed by atoms with Gasteiger partial charge in [-0.25, -0.2) is 0 Å². The van der Waals surface area contributed by atoms with Crippen LogP contribution in [0.25, 0.3) is 0 Å². The van der Waals surface area contributed by atoms with Crippen molar-refractivity contribution in [3.8, 4) is 0 Å². The zero-order valence-corrected chi connectivity index (χ0v) is 9.74. The molecule has 1 atom stereocenters. The number of aromatic nitrogens is 1. The van der Waals surface area contributed by atoms with E-state index < -0.39 is 12.2 Å². The SMILES string of the molecule is Nc1ccnc(CN2CCNC(C(F)(F)F)C2)c1. The standard InChI is InChI=1S/C11H15F3N4/c12-11(13,14)10-7-18(4-3-17-10)6-9-5-8(15)1-2-16-9/h1-2,5,10,17H,3-4,6-7H2,(H2,15,16). The summed E-state index contributed by atoms with van der Waals surface area (Å²) in [6.45, 7) is 1.23. The third-order valence-electron chi connectivity index (χ3n) is 2.88. The number of anilines is 1. The van der Waals surface area contributed by atoms with Crippen molar-refractivity contribution in [1.82, 2.24) is 15.2 Å². The smallest absolute Gasteiger partial charge is 0.399 e. The van der Waals surface area contributed by atoms with Crippen molar-refractivity contribution in [1.29, 1.82) is 0 Å². The lowest BCUT2D eigenvalue weighted by molar-refractivity contribution is -0.165. The van der Waals surface area contributed by atoms with E-state index in [1.165, 1.54) is 0 Å². The van der Waals surface area contributed by atoms with E-state index in [0.29, 0.717) is 31.0 Å². The first-order chi connectivity index (χ1) is 8.45. The highest BCUT2D eigenvalue weighted by molar-refractivity contribution is 5.37. The van der Waals surface area contributed by atoms with E-state index >= 15 is 0 Å². The molecule has 2 heterocycles. The van der Waals surface area contributed by atoms with Gasteiger partial charge in [-0.05, 0) is 12.1 Å². The quantitative estimate of drug-likeness (QED) is 0.833. The molecule has 1 fully saturated rings. The van der Waals surface area contributed by atoms with Gasteiger partial charge in [0.05, 0.1) is 5.69 Å². The molecule has 4 nitrogen and oxygen atoms in total. The molecule has 0 radical (unpaired) electrons. The first-order valence-corrected chi connectivity index (χ1v) is 5.68. The van der Waals surface area contributed by atoms with E-state index in [-0.39, 0.29) is 6.54 Å². The molecule has 0 amide bonds. The van der Waals surface area contributed by atoms with E-state index in [1.54, 1.807) is 23.2 Å². The zero-order chi connectivity index (χ0) is 13.2. The van der Waals surface area contributed by atoms with Crippen molar-refractivity contribution in [3.63, 3.8) is 0 Å². The number of piperazine rings is 1. The molecular formula is C11H15F3N4. The van der Waals surface area contributed by atoms with Crippen LogP contribution in [0.1, 0.15) is 5.69 Å². The van der Waals surface area contributed by atoms with Crippen LogP contribution in [0.5, 0.6) is 0 Å². The molecule has 18 heavy (non-hydrogen) atoms. The number of pyridine rings is 1. The van der Waals surface area contributed by atoms with Crippen LogP contribution < -0.4 is 11.1 Å². The number of nitrogen functional groups attached to an aromatic ring is 1. The van der Waals surface area contributed by atoms with Crippen molar-refractivity contribution < 1.29 is 13.2 Å². The van der Waals surface area contributed by atoms with E-state index in [4.69, 9.17) is 5.73 Å². The number of nitrogens with zero attached hydrogens (tertiary/aromatic N) is 2. The van der Waals surface area contributed by atoms with Gasteiger partial charge in [0.2, 0.25) is 0 Å². The summed E-state index contributed by atoms with van der Waals surface area (Å²) in [5.74, 6) is 0. The second-order valence-electron chi connectivity index (χ2n) is 4.36. The summed E-state index contributed by atoms with van der Waals surface area (Å²) >= 11 is 0. The van der Waals surface area contributed by atoms with Crippen LogP contribution in [-0.2, 0) is 6.54 Å². The molecule has 3 N–H and O–H groups in total. The third kappa shape index (κ3) is 3.33. The highest BCUT2D eigenvalue weighted by Gasteiger charge is 2.41. The van der Waals surface area contributed by atoms with Gasteiger partial charge in [-0.15, -0.1) is 0 Å². The summed E-state index contributed by atoms with van der Waals surface area (Å²) in [7, 11) is 0. The van der Waals surface area contributed by atoms with Gasteiger partial charge >= 0.3 is 6.18 Å². The van der Waals surface area contributed by atoms with E-state index in [0.717, 1.165) is 0 Å². The number of hydrogen-bond acceptors (Lipinski definition) is 4. The highest BCUT2D eigenvalue weighted by atomic mass is 19.4. The van der Waals surface area contributed by atoms with Gasteiger partial charge in [-0.2, -0.15) is 13.2 Å². The molecule has 1 aromatic heterocycles. The molecule has 1 saturated heterocycles. The summed E-state index contributed by atoms with van der Waals surface area (Å²) in [6, 6.07) is 1.87. The highest BCUT2D eigenvalue weighted by Crippen LogP contribution is 2.23. The first-order valence-electron chi connectivity index (χ1n) is 5.68. The second kappa shape index (κ2) is 5.11. The Labute approximate surface area is 103 Å². The number of alkyl halides is 3. The molecule has 0 aliphatic carbocycles. The molecule has 100 valence electrons. The topological polar surface area (TPSA) is 54.2 Å². The molecule has 1 aliphatic heterocycles. The van der Waals surface area contributed by atoms with Gasteiger partial charge in [0.15, 0.2) is 0 Å². The molecule has 0 aromatic carbocycles. The Morgan fingerprint density at radius 2 is 2.28 bits per heavy atom. The Hall–Kier alpha value is -1.34. The van der Waals surface area contributed by atoms with Crippen molar-refractivity contribution >= 4 is 5.69 Å². The summed E-state index contributed by atoms with van der Waals surface area (Å²) in [4.78, 5) is 5.83. The first kappa shape index (κ1) is 13.1. The van der Waals surface area contributed by atoms with Crippen LogP contribution in [0.15, 0.2) is 18.3 Å². The van der Waals surface area contributed by atoms with Crippen LogP contribution in [-0.4, -0.2) is 41.7 Å².